The van der Waals surface area contributed by atoms with Gasteiger partial charge in [-0.3, -0.25) is 5.48 Å². The van der Waals surface area contributed by atoms with E-state index in [-0.39, 0.29) is 0 Å². The van der Waals surface area contributed by atoms with Gasteiger partial charge in [-0.2, -0.15) is 4.28 Å². The molecule has 1 aliphatic rings. The second-order valence-corrected chi connectivity index (χ2v) is 3.31. The Bertz CT molecular complexity index is 438. The number of rotatable bonds is 0. The summed E-state index contributed by atoms with van der Waals surface area (Å²) in [6, 6.07) is 5.85. The third kappa shape index (κ3) is 0.707. The lowest BCUT2D eigenvalue weighted by Gasteiger charge is -1.95. The van der Waals surface area contributed by atoms with E-state index in [2.05, 4.69) is 5.48 Å². The molecule has 3 rings (SSSR count). The summed E-state index contributed by atoms with van der Waals surface area (Å²) >= 11 is 1.33. The van der Waals surface area contributed by atoms with E-state index in [1.54, 1.807) is 6.26 Å². The van der Waals surface area contributed by atoms with Gasteiger partial charge >= 0.3 is 0 Å². The molecule has 1 aromatic carbocycles. The summed E-state index contributed by atoms with van der Waals surface area (Å²) in [4.78, 5) is 1.10. The van der Waals surface area contributed by atoms with E-state index < -0.39 is 0 Å². The van der Waals surface area contributed by atoms with Crippen LogP contribution in [-0.2, 0) is 4.28 Å². The van der Waals surface area contributed by atoms with Crippen LogP contribution >= 0.6 is 12.0 Å². The molecule has 3 nitrogen and oxygen atoms in total. The summed E-state index contributed by atoms with van der Waals surface area (Å²) in [5.74, 6) is 0. The van der Waals surface area contributed by atoms with E-state index in [9.17, 15) is 0 Å². The van der Waals surface area contributed by atoms with Crippen molar-refractivity contribution in [2.24, 2.45) is 0 Å². The molecule has 4 heteroatoms. The van der Waals surface area contributed by atoms with Crippen molar-refractivity contribution in [2.75, 3.05) is 5.48 Å². The van der Waals surface area contributed by atoms with Crippen molar-refractivity contribution in [1.82, 2.24) is 0 Å². The van der Waals surface area contributed by atoms with E-state index in [0.717, 1.165) is 21.6 Å². The third-order valence-electron chi connectivity index (χ3n) is 1.87. The summed E-state index contributed by atoms with van der Waals surface area (Å²) in [6.45, 7) is 0. The molecule has 0 fully saturated rings. The lowest BCUT2D eigenvalue weighted by molar-refractivity contribution is 0.492. The Morgan fingerprint density at radius 2 is 2.25 bits per heavy atom. The largest absolute Gasteiger partial charge is 0.464 e. The first-order chi connectivity index (χ1) is 5.95. The van der Waals surface area contributed by atoms with Crippen LogP contribution in [0, 0.1) is 0 Å². The molecule has 0 saturated carbocycles. The minimum absolute atomic E-state index is 0.882. The molecule has 2 heterocycles. The fourth-order valence-electron chi connectivity index (χ4n) is 1.31. The molecule has 0 amide bonds. The van der Waals surface area contributed by atoms with E-state index in [1.165, 1.54) is 12.0 Å². The topological polar surface area (TPSA) is 34.4 Å². The van der Waals surface area contributed by atoms with E-state index in [0.29, 0.717) is 0 Å². The molecule has 0 unspecified atom stereocenters. The van der Waals surface area contributed by atoms with Crippen LogP contribution in [0.1, 0.15) is 0 Å². The van der Waals surface area contributed by atoms with Crippen LogP contribution in [0.25, 0.3) is 11.0 Å². The monoisotopic (exact) mass is 179 g/mol. The SMILES string of the molecule is c1cc2c3c(ccc2o1)SON3. The van der Waals surface area contributed by atoms with Crippen LogP contribution in [0.15, 0.2) is 33.8 Å². The second kappa shape index (κ2) is 2.18. The first-order valence-electron chi connectivity index (χ1n) is 3.55. The third-order valence-corrected chi connectivity index (χ3v) is 2.56. The van der Waals surface area contributed by atoms with Gasteiger partial charge in [0, 0.05) is 5.39 Å². The first-order valence-corrected chi connectivity index (χ1v) is 4.29. The Morgan fingerprint density at radius 3 is 3.25 bits per heavy atom. The molecular weight excluding hydrogens is 174 g/mol. The van der Waals surface area contributed by atoms with Crippen molar-refractivity contribution in [2.45, 2.75) is 4.90 Å². The highest BCUT2D eigenvalue weighted by atomic mass is 32.2. The number of benzene rings is 1. The first kappa shape index (κ1) is 6.39. The molecule has 12 heavy (non-hydrogen) atoms. The van der Waals surface area contributed by atoms with Crippen LogP contribution in [0.3, 0.4) is 0 Å². The van der Waals surface area contributed by atoms with E-state index in [1.807, 2.05) is 18.2 Å². The molecule has 60 valence electrons. The van der Waals surface area contributed by atoms with Gasteiger partial charge in [-0.1, -0.05) is 0 Å². The van der Waals surface area contributed by atoms with Gasteiger partial charge in [-0.25, -0.2) is 0 Å². The maximum atomic E-state index is 5.24. The maximum absolute atomic E-state index is 5.24. The molecule has 0 atom stereocenters. The minimum atomic E-state index is 0.882. The second-order valence-electron chi connectivity index (χ2n) is 2.54. The molecule has 0 saturated heterocycles. The fraction of sp³-hybridized carbons (Fsp3) is 0. The normalized spacial score (nSPS) is 14.7. The van der Waals surface area contributed by atoms with Crippen LogP contribution in [0.4, 0.5) is 5.69 Å². The molecular formula is C8H5NO2S. The highest BCUT2D eigenvalue weighted by Crippen LogP contribution is 2.40. The molecule has 0 radical (unpaired) electrons. The minimum Gasteiger partial charge on any atom is -0.464 e. The Hall–Kier alpha value is -1.13. The van der Waals surface area contributed by atoms with Crippen LogP contribution in [0.2, 0.25) is 0 Å². The zero-order valence-corrected chi connectivity index (χ0v) is 6.85. The number of fused-ring (bicyclic) bond motifs is 3. The summed E-state index contributed by atoms with van der Waals surface area (Å²) in [7, 11) is 0. The predicted molar refractivity (Wildman–Crippen MR) is 46.8 cm³/mol. The molecule has 1 aliphatic heterocycles. The van der Waals surface area contributed by atoms with Crippen molar-refractivity contribution < 1.29 is 8.70 Å². The van der Waals surface area contributed by atoms with Gasteiger partial charge in [0.15, 0.2) is 0 Å². The maximum Gasteiger partial charge on any atom is 0.136 e. The van der Waals surface area contributed by atoms with E-state index >= 15 is 0 Å². The van der Waals surface area contributed by atoms with Crippen molar-refractivity contribution in [1.29, 1.82) is 0 Å². The average Bonchev–Trinajstić information content (AvgIpc) is 2.71. The summed E-state index contributed by atoms with van der Waals surface area (Å²) in [5.41, 5.74) is 4.72. The van der Waals surface area contributed by atoms with Gasteiger partial charge in [-0.05, 0) is 18.2 Å². The molecule has 1 N–H and O–H groups in total. The Balaban J connectivity index is 2.46. The smallest absolute Gasteiger partial charge is 0.136 e. The van der Waals surface area contributed by atoms with Crippen molar-refractivity contribution in [3.05, 3.63) is 24.5 Å². The quantitative estimate of drug-likeness (QED) is 0.630. The number of nitrogens with one attached hydrogen (secondary N) is 1. The molecule has 1 aromatic heterocycles. The van der Waals surface area contributed by atoms with Gasteiger partial charge < -0.3 is 4.42 Å². The van der Waals surface area contributed by atoms with Gasteiger partial charge in [0.25, 0.3) is 0 Å². The van der Waals surface area contributed by atoms with E-state index in [4.69, 9.17) is 8.70 Å². The number of hydrogen-bond acceptors (Lipinski definition) is 4. The summed E-state index contributed by atoms with van der Waals surface area (Å²) in [6.07, 6.45) is 1.68. The number of anilines is 1. The summed E-state index contributed by atoms with van der Waals surface area (Å²) < 4.78 is 10.3. The van der Waals surface area contributed by atoms with Gasteiger partial charge in [-0.15, -0.1) is 0 Å². The molecule has 0 bridgehead atoms. The molecule has 2 aromatic rings. The van der Waals surface area contributed by atoms with Crippen LogP contribution in [-0.4, -0.2) is 0 Å². The Labute approximate surface area is 72.9 Å². The van der Waals surface area contributed by atoms with Crippen LogP contribution < -0.4 is 5.48 Å². The summed E-state index contributed by atoms with van der Waals surface area (Å²) in [5, 5.41) is 1.07. The van der Waals surface area contributed by atoms with Crippen molar-refractivity contribution >= 4 is 28.7 Å². The molecule has 0 spiro atoms. The lowest BCUT2D eigenvalue weighted by atomic mass is 10.2. The van der Waals surface area contributed by atoms with Gasteiger partial charge in [0.1, 0.15) is 5.58 Å². The van der Waals surface area contributed by atoms with Gasteiger partial charge in [0.05, 0.1) is 28.9 Å². The van der Waals surface area contributed by atoms with Crippen molar-refractivity contribution in [3.63, 3.8) is 0 Å². The average molecular weight is 179 g/mol. The Morgan fingerprint density at radius 1 is 1.25 bits per heavy atom. The van der Waals surface area contributed by atoms with Gasteiger partial charge in [0.2, 0.25) is 0 Å². The fourth-order valence-corrected chi connectivity index (χ4v) is 1.88. The number of hydrogen-bond donors (Lipinski definition) is 1. The zero-order chi connectivity index (χ0) is 7.97. The number of furan rings is 1. The highest BCUT2D eigenvalue weighted by Gasteiger charge is 2.16. The molecule has 0 aliphatic carbocycles. The van der Waals surface area contributed by atoms with Crippen LogP contribution in [0.5, 0.6) is 0 Å². The lowest BCUT2D eigenvalue weighted by Crippen LogP contribution is -1.85. The zero-order valence-electron chi connectivity index (χ0n) is 6.03. The Kier molecular flexibility index (Phi) is 1.16. The van der Waals surface area contributed by atoms with Crippen molar-refractivity contribution in [3.8, 4) is 0 Å². The highest BCUT2D eigenvalue weighted by molar-refractivity contribution is 7.95. The predicted octanol–water partition coefficient (Wildman–Crippen LogP) is 2.80. The standard InChI is InChI=1S/C8H5NO2S/c1-2-7-8(9-11-12-7)5-3-4-10-6(1)5/h1-4,9H.